The molecule has 0 amide bonds. The summed E-state index contributed by atoms with van der Waals surface area (Å²) < 4.78 is 11.3. The molecule has 0 unspecified atom stereocenters. The number of hydrogen-bond donors (Lipinski definition) is 0. The van der Waals surface area contributed by atoms with E-state index in [1.165, 1.54) is 0 Å². The lowest BCUT2D eigenvalue weighted by molar-refractivity contribution is 0.337. The van der Waals surface area contributed by atoms with Crippen LogP contribution in [0.3, 0.4) is 0 Å². The average Bonchev–Trinajstić information content (AvgIpc) is 2.51. The van der Waals surface area contributed by atoms with Crippen LogP contribution in [-0.4, -0.2) is 13.2 Å². The SMILES string of the molecule is CCOc1cc(/C=C/c2ccc(C)c(OCC)c2)ccc1C. The van der Waals surface area contributed by atoms with Crippen molar-refractivity contribution in [2.45, 2.75) is 27.7 Å². The summed E-state index contributed by atoms with van der Waals surface area (Å²) in [6.45, 7) is 9.50. The molecule has 0 aromatic heterocycles. The topological polar surface area (TPSA) is 18.5 Å². The number of ether oxygens (including phenoxy) is 2. The fourth-order valence-corrected chi connectivity index (χ4v) is 2.26. The summed E-state index contributed by atoms with van der Waals surface area (Å²) in [6, 6.07) is 12.5. The van der Waals surface area contributed by atoms with E-state index in [9.17, 15) is 0 Å². The van der Waals surface area contributed by atoms with Crippen molar-refractivity contribution in [3.8, 4) is 11.5 Å². The Bertz CT molecular complexity index is 599. The van der Waals surface area contributed by atoms with Gasteiger partial charge in [-0.25, -0.2) is 0 Å². The normalized spacial score (nSPS) is 10.9. The maximum absolute atomic E-state index is 5.64. The van der Waals surface area contributed by atoms with Crippen LogP contribution in [0.4, 0.5) is 0 Å². The first kappa shape index (κ1) is 16.2. The van der Waals surface area contributed by atoms with Gasteiger partial charge in [0.1, 0.15) is 11.5 Å². The Balaban J connectivity index is 2.21. The van der Waals surface area contributed by atoms with Crippen molar-refractivity contribution in [2.24, 2.45) is 0 Å². The van der Waals surface area contributed by atoms with E-state index < -0.39 is 0 Å². The van der Waals surface area contributed by atoms with Crippen molar-refractivity contribution in [3.63, 3.8) is 0 Å². The molecule has 2 rings (SSSR count). The molecule has 0 fully saturated rings. The molecule has 0 saturated carbocycles. The van der Waals surface area contributed by atoms with E-state index in [2.05, 4.69) is 62.4 Å². The quantitative estimate of drug-likeness (QED) is 0.676. The molecular weight excluding hydrogens is 272 g/mol. The van der Waals surface area contributed by atoms with Gasteiger partial charge in [-0.15, -0.1) is 0 Å². The van der Waals surface area contributed by atoms with Gasteiger partial charge in [0, 0.05) is 0 Å². The maximum Gasteiger partial charge on any atom is 0.122 e. The fraction of sp³-hybridized carbons (Fsp3) is 0.300. The van der Waals surface area contributed by atoms with Crippen LogP contribution in [0.2, 0.25) is 0 Å². The first-order valence-electron chi connectivity index (χ1n) is 7.79. The molecule has 0 N–H and O–H groups in total. The zero-order valence-corrected chi connectivity index (χ0v) is 13.8. The van der Waals surface area contributed by atoms with Crippen molar-refractivity contribution in [1.29, 1.82) is 0 Å². The Hall–Kier alpha value is -2.22. The molecule has 0 atom stereocenters. The second-order valence-electron chi connectivity index (χ2n) is 5.25. The molecule has 0 aliphatic carbocycles. The van der Waals surface area contributed by atoms with Crippen molar-refractivity contribution in [3.05, 3.63) is 58.7 Å². The second kappa shape index (κ2) is 7.69. The molecule has 0 radical (unpaired) electrons. The second-order valence-corrected chi connectivity index (χ2v) is 5.25. The molecule has 2 aromatic carbocycles. The van der Waals surface area contributed by atoms with Gasteiger partial charge >= 0.3 is 0 Å². The zero-order chi connectivity index (χ0) is 15.9. The lowest BCUT2D eigenvalue weighted by atomic mass is 10.1. The summed E-state index contributed by atoms with van der Waals surface area (Å²) in [4.78, 5) is 0. The molecule has 2 aromatic rings. The number of rotatable bonds is 6. The Kier molecular flexibility index (Phi) is 5.65. The predicted molar refractivity (Wildman–Crippen MR) is 93.6 cm³/mol. The molecule has 0 saturated heterocycles. The van der Waals surface area contributed by atoms with E-state index in [0.29, 0.717) is 13.2 Å². The van der Waals surface area contributed by atoms with Gasteiger partial charge < -0.3 is 9.47 Å². The number of hydrogen-bond acceptors (Lipinski definition) is 2. The summed E-state index contributed by atoms with van der Waals surface area (Å²) in [5, 5.41) is 0. The molecule has 2 heteroatoms. The molecular formula is C20H24O2. The van der Waals surface area contributed by atoms with E-state index in [4.69, 9.17) is 9.47 Å². The van der Waals surface area contributed by atoms with Crippen LogP contribution in [0.25, 0.3) is 12.2 Å². The van der Waals surface area contributed by atoms with Gasteiger partial charge in [-0.05, 0) is 62.1 Å². The smallest absolute Gasteiger partial charge is 0.122 e. The van der Waals surface area contributed by atoms with E-state index in [-0.39, 0.29) is 0 Å². The highest BCUT2D eigenvalue weighted by molar-refractivity contribution is 5.71. The van der Waals surface area contributed by atoms with Gasteiger partial charge in [0.2, 0.25) is 0 Å². The Morgan fingerprint density at radius 2 is 1.14 bits per heavy atom. The third-order valence-electron chi connectivity index (χ3n) is 3.49. The summed E-state index contributed by atoms with van der Waals surface area (Å²) >= 11 is 0. The largest absolute Gasteiger partial charge is 0.494 e. The fourth-order valence-electron chi connectivity index (χ4n) is 2.26. The molecule has 0 heterocycles. The summed E-state index contributed by atoms with van der Waals surface area (Å²) in [7, 11) is 0. The lowest BCUT2D eigenvalue weighted by Gasteiger charge is -2.08. The minimum atomic E-state index is 0.684. The Morgan fingerprint density at radius 1 is 0.727 bits per heavy atom. The van der Waals surface area contributed by atoms with Crippen LogP contribution >= 0.6 is 0 Å². The van der Waals surface area contributed by atoms with Gasteiger partial charge in [-0.1, -0.05) is 36.4 Å². The van der Waals surface area contributed by atoms with Crippen molar-refractivity contribution in [1.82, 2.24) is 0 Å². The van der Waals surface area contributed by atoms with Crippen molar-refractivity contribution in [2.75, 3.05) is 13.2 Å². The van der Waals surface area contributed by atoms with E-state index >= 15 is 0 Å². The van der Waals surface area contributed by atoms with Gasteiger partial charge in [-0.3, -0.25) is 0 Å². The van der Waals surface area contributed by atoms with Crippen LogP contribution < -0.4 is 9.47 Å². The molecule has 0 aliphatic rings. The van der Waals surface area contributed by atoms with Gasteiger partial charge in [0.15, 0.2) is 0 Å². The third-order valence-corrected chi connectivity index (χ3v) is 3.49. The number of benzene rings is 2. The van der Waals surface area contributed by atoms with E-state index in [1.807, 2.05) is 13.8 Å². The molecule has 0 spiro atoms. The Morgan fingerprint density at radius 3 is 1.50 bits per heavy atom. The molecule has 22 heavy (non-hydrogen) atoms. The minimum Gasteiger partial charge on any atom is -0.494 e. The first-order chi connectivity index (χ1) is 10.6. The van der Waals surface area contributed by atoms with Crippen LogP contribution in [-0.2, 0) is 0 Å². The van der Waals surface area contributed by atoms with E-state index in [0.717, 1.165) is 33.8 Å². The number of aryl methyl sites for hydroxylation is 2. The van der Waals surface area contributed by atoms with E-state index in [1.54, 1.807) is 0 Å². The Labute approximate surface area is 133 Å². The molecule has 0 aliphatic heterocycles. The van der Waals surface area contributed by atoms with Crippen LogP contribution in [0.1, 0.15) is 36.1 Å². The van der Waals surface area contributed by atoms with Crippen LogP contribution in [0.5, 0.6) is 11.5 Å². The van der Waals surface area contributed by atoms with Crippen molar-refractivity contribution >= 4 is 12.2 Å². The minimum absolute atomic E-state index is 0.684. The molecule has 2 nitrogen and oxygen atoms in total. The van der Waals surface area contributed by atoms with Crippen molar-refractivity contribution < 1.29 is 9.47 Å². The lowest BCUT2D eigenvalue weighted by Crippen LogP contribution is -1.94. The monoisotopic (exact) mass is 296 g/mol. The van der Waals surface area contributed by atoms with Gasteiger partial charge in [0.05, 0.1) is 13.2 Å². The molecule has 116 valence electrons. The first-order valence-corrected chi connectivity index (χ1v) is 7.79. The summed E-state index contributed by atoms with van der Waals surface area (Å²) in [5.74, 6) is 1.90. The summed E-state index contributed by atoms with van der Waals surface area (Å²) in [5.41, 5.74) is 4.58. The molecule has 0 bridgehead atoms. The van der Waals surface area contributed by atoms with Gasteiger partial charge in [-0.2, -0.15) is 0 Å². The summed E-state index contributed by atoms with van der Waals surface area (Å²) in [6.07, 6.45) is 4.20. The highest BCUT2D eigenvalue weighted by Crippen LogP contribution is 2.23. The predicted octanol–water partition coefficient (Wildman–Crippen LogP) is 5.27. The van der Waals surface area contributed by atoms with Gasteiger partial charge in [0.25, 0.3) is 0 Å². The van der Waals surface area contributed by atoms with Crippen LogP contribution in [0.15, 0.2) is 36.4 Å². The van der Waals surface area contributed by atoms with Crippen LogP contribution in [0, 0.1) is 13.8 Å². The standard InChI is InChI=1S/C20H24O2/c1-5-21-19-13-17(9-7-15(19)3)11-12-18-10-8-16(4)20(14-18)22-6-2/h7-14H,5-6H2,1-4H3/b12-11+. The highest BCUT2D eigenvalue weighted by Gasteiger charge is 2.01. The highest BCUT2D eigenvalue weighted by atomic mass is 16.5. The maximum atomic E-state index is 5.64. The average molecular weight is 296 g/mol. The zero-order valence-electron chi connectivity index (χ0n) is 13.8. The third kappa shape index (κ3) is 4.14.